The Balaban J connectivity index is 1.55. The fraction of sp³-hybridized carbons (Fsp3) is 0.552. The van der Waals surface area contributed by atoms with Gasteiger partial charge in [0.05, 0.1) is 0 Å². The van der Waals surface area contributed by atoms with Crippen LogP contribution in [0.25, 0.3) is 0 Å². The molecule has 0 aliphatic heterocycles. The summed E-state index contributed by atoms with van der Waals surface area (Å²) in [5.41, 5.74) is 5.55. The smallest absolute Gasteiger partial charge is 0.134 e. The maximum Gasteiger partial charge on any atom is 0.134 e. The molecule has 1 heteroatoms. The summed E-state index contributed by atoms with van der Waals surface area (Å²) < 4.78 is 0. The van der Waals surface area contributed by atoms with Crippen molar-refractivity contribution in [3.8, 4) is 0 Å². The van der Waals surface area contributed by atoms with Gasteiger partial charge in [-0.1, -0.05) is 74.2 Å². The van der Waals surface area contributed by atoms with Crippen LogP contribution < -0.4 is 0 Å². The zero-order chi connectivity index (χ0) is 20.9. The standard InChI is InChI=1S/C29H38O/c1-21-11-3-9-17-26(21)28(23-13-5-6-14-23)19-25(30)20-29(24-15-7-8-16-24)27-18-10-4-12-22(27)2/h3-4,9-12,17-18,23-24,28-29H,5-8,13-16,19-20H2,1-2H3. The summed E-state index contributed by atoms with van der Waals surface area (Å²) >= 11 is 0. The molecule has 4 rings (SSSR count). The highest BCUT2D eigenvalue weighted by Crippen LogP contribution is 2.44. The van der Waals surface area contributed by atoms with Crippen LogP contribution in [0.2, 0.25) is 0 Å². The number of hydrogen-bond donors (Lipinski definition) is 0. The van der Waals surface area contributed by atoms with Gasteiger partial charge in [-0.2, -0.15) is 0 Å². The van der Waals surface area contributed by atoms with Gasteiger partial charge in [-0.3, -0.25) is 4.79 Å². The summed E-state index contributed by atoms with van der Waals surface area (Å²) in [7, 11) is 0. The van der Waals surface area contributed by atoms with Gasteiger partial charge in [0.2, 0.25) is 0 Å². The van der Waals surface area contributed by atoms with Gasteiger partial charge in [0, 0.05) is 12.8 Å². The first-order chi connectivity index (χ1) is 14.6. The van der Waals surface area contributed by atoms with E-state index >= 15 is 0 Å². The van der Waals surface area contributed by atoms with Crippen molar-refractivity contribution in [2.75, 3.05) is 0 Å². The van der Waals surface area contributed by atoms with Gasteiger partial charge >= 0.3 is 0 Å². The topological polar surface area (TPSA) is 17.1 Å². The van der Waals surface area contributed by atoms with Crippen LogP contribution in [0.4, 0.5) is 0 Å². The molecule has 2 aromatic rings. The van der Waals surface area contributed by atoms with Gasteiger partial charge in [0.15, 0.2) is 0 Å². The second-order valence-corrected chi connectivity index (χ2v) is 9.96. The van der Waals surface area contributed by atoms with E-state index in [0.717, 1.165) is 12.8 Å². The lowest BCUT2D eigenvalue weighted by atomic mass is 9.75. The molecule has 2 aromatic carbocycles. The van der Waals surface area contributed by atoms with E-state index in [9.17, 15) is 4.79 Å². The Morgan fingerprint density at radius 3 is 1.43 bits per heavy atom. The third-order valence-electron chi connectivity index (χ3n) is 8.01. The first kappa shape index (κ1) is 21.3. The Morgan fingerprint density at radius 2 is 1.07 bits per heavy atom. The molecular formula is C29H38O. The lowest BCUT2D eigenvalue weighted by Gasteiger charge is -2.28. The van der Waals surface area contributed by atoms with E-state index in [1.165, 1.54) is 73.6 Å². The van der Waals surface area contributed by atoms with Crippen molar-refractivity contribution < 1.29 is 4.79 Å². The van der Waals surface area contributed by atoms with Gasteiger partial charge in [-0.25, -0.2) is 0 Å². The van der Waals surface area contributed by atoms with Crippen molar-refractivity contribution in [3.05, 3.63) is 70.8 Å². The Morgan fingerprint density at radius 1 is 0.700 bits per heavy atom. The quantitative estimate of drug-likeness (QED) is 0.438. The molecule has 0 saturated heterocycles. The van der Waals surface area contributed by atoms with Crippen LogP contribution in [0.5, 0.6) is 0 Å². The minimum absolute atomic E-state index is 0.405. The molecule has 160 valence electrons. The summed E-state index contributed by atoms with van der Waals surface area (Å²) in [6, 6.07) is 17.6. The second kappa shape index (κ2) is 9.94. The molecule has 2 unspecified atom stereocenters. The maximum absolute atomic E-state index is 13.5. The van der Waals surface area contributed by atoms with Crippen molar-refractivity contribution in [2.45, 2.75) is 89.9 Å². The third-order valence-corrected chi connectivity index (χ3v) is 8.01. The highest BCUT2D eigenvalue weighted by atomic mass is 16.1. The highest BCUT2D eigenvalue weighted by Gasteiger charge is 2.32. The van der Waals surface area contributed by atoms with Crippen LogP contribution in [0.3, 0.4) is 0 Å². The zero-order valence-electron chi connectivity index (χ0n) is 18.9. The molecule has 0 bridgehead atoms. The van der Waals surface area contributed by atoms with Crippen molar-refractivity contribution in [1.82, 2.24) is 0 Å². The molecule has 30 heavy (non-hydrogen) atoms. The van der Waals surface area contributed by atoms with Crippen molar-refractivity contribution in [2.24, 2.45) is 11.8 Å². The number of benzene rings is 2. The molecule has 0 heterocycles. The number of carbonyl (C=O) groups excluding carboxylic acids is 1. The lowest BCUT2D eigenvalue weighted by molar-refractivity contribution is -0.120. The molecule has 2 fully saturated rings. The van der Waals surface area contributed by atoms with E-state index in [1.807, 2.05) is 0 Å². The lowest BCUT2D eigenvalue weighted by Crippen LogP contribution is -2.20. The third kappa shape index (κ3) is 4.88. The number of carbonyl (C=O) groups is 1. The van der Waals surface area contributed by atoms with Crippen LogP contribution in [-0.2, 0) is 4.79 Å². The Bertz CT molecular complexity index is 769. The van der Waals surface area contributed by atoms with Gasteiger partial charge in [-0.15, -0.1) is 0 Å². The maximum atomic E-state index is 13.5. The predicted octanol–water partition coefficient (Wildman–Crippen LogP) is 7.90. The SMILES string of the molecule is Cc1ccccc1C(CC(=O)CC(c1ccccc1C)C1CCCC1)C1CCCC1. The number of ketones is 1. The number of Topliss-reactive ketones (excluding diaryl/α,β-unsaturated/α-hetero) is 1. The normalized spacial score (nSPS) is 19.8. The van der Waals surface area contributed by atoms with Gasteiger partial charge in [0.1, 0.15) is 5.78 Å². The van der Waals surface area contributed by atoms with E-state index in [2.05, 4.69) is 62.4 Å². The van der Waals surface area contributed by atoms with E-state index in [4.69, 9.17) is 0 Å². The molecule has 2 atom stereocenters. The van der Waals surface area contributed by atoms with Crippen LogP contribution in [0.1, 0.15) is 98.3 Å². The molecule has 0 radical (unpaired) electrons. The molecule has 0 spiro atoms. The first-order valence-electron chi connectivity index (χ1n) is 12.3. The molecule has 1 nitrogen and oxygen atoms in total. The van der Waals surface area contributed by atoms with E-state index < -0.39 is 0 Å². The second-order valence-electron chi connectivity index (χ2n) is 9.96. The predicted molar refractivity (Wildman–Crippen MR) is 126 cm³/mol. The van der Waals surface area contributed by atoms with Gasteiger partial charge < -0.3 is 0 Å². The minimum Gasteiger partial charge on any atom is -0.300 e. The van der Waals surface area contributed by atoms with Crippen LogP contribution in [0.15, 0.2) is 48.5 Å². The molecule has 0 N–H and O–H groups in total. The van der Waals surface area contributed by atoms with Crippen LogP contribution in [-0.4, -0.2) is 5.78 Å². The Labute approximate surface area is 183 Å². The molecule has 2 aliphatic rings. The Kier molecular flexibility index (Phi) is 7.08. The monoisotopic (exact) mass is 402 g/mol. The van der Waals surface area contributed by atoms with E-state index in [1.54, 1.807) is 0 Å². The largest absolute Gasteiger partial charge is 0.300 e. The summed E-state index contributed by atoms with van der Waals surface area (Å²) in [6.07, 6.45) is 11.9. The zero-order valence-corrected chi connectivity index (χ0v) is 18.9. The first-order valence-corrected chi connectivity index (χ1v) is 12.3. The molecule has 0 amide bonds. The number of aryl methyl sites for hydroxylation is 2. The van der Waals surface area contributed by atoms with E-state index in [-0.39, 0.29) is 0 Å². The Hall–Kier alpha value is -1.89. The van der Waals surface area contributed by atoms with Crippen molar-refractivity contribution in [1.29, 1.82) is 0 Å². The van der Waals surface area contributed by atoms with Crippen molar-refractivity contribution in [3.63, 3.8) is 0 Å². The van der Waals surface area contributed by atoms with Crippen molar-refractivity contribution >= 4 is 5.78 Å². The summed E-state index contributed by atoms with van der Waals surface area (Å²) in [4.78, 5) is 13.5. The minimum atomic E-state index is 0.405. The number of rotatable bonds is 8. The molecule has 2 saturated carbocycles. The number of hydrogen-bond acceptors (Lipinski definition) is 1. The average molecular weight is 403 g/mol. The molecular weight excluding hydrogens is 364 g/mol. The summed E-state index contributed by atoms with van der Waals surface area (Å²) in [5, 5.41) is 0. The van der Waals surface area contributed by atoms with Crippen LogP contribution in [0, 0.1) is 25.7 Å². The van der Waals surface area contributed by atoms with Gasteiger partial charge in [-0.05, 0) is 85.5 Å². The van der Waals surface area contributed by atoms with E-state index in [0.29, 0.717) is 29.5 Å². The fourth-order valence-electron chi connectivity index (χ4n) is 6.36. The fourth-order valence-corrected chi connectivity index (χ4v) is 6.36. The summed E-state index contributed by atoms with van der Waals surface area (Å²) in [6.45, 7) is 4.44. The molecule has 2 aliphatic carbocycles. The van der Waals surface area contributed by atoms with Crippen LogP contribution >= 0.6 is 0 Å². The summed E-state index contributed by atoms with van der Waals surface area (Å²) in [5.74, 6) is 2.65. The molecule has 0 aromatic heterocycles. The van der Waals surface area contributed by atoms with Gasteiger partial charge in [0.25, 0.3) is 0 Å². The average Bonchev–Trinajstić information content (AvgIpc) is 3.46. The highest BCUT2D eigenvalue weighted by molar-refractivity contribution is 5.80.